The lowest BCUT2D eigenvalue weighted by Crippen LogP contribution is -2.51. The van der Waals surface area contributed by atoms with E-state index in [4.69, 9.17) is 32.7 Å². The summed E-state index contributed by atoms with van der Waals surface area (Å²) >= 11 is 12.0. The van der Waals surface area contributed by atoms with Crippen LogP contribution < -0.4 is 10.1 Å². The number of halogens is 3. The number of piperidine rings is 1. The molecule has 2 heterocycles. The highest BCUT2D eigenvalue weighted by atomic mass is 35.5. The fourth-order valence-corrected chi connectivity index (χ4v) is 3.98. The van der Waals surface area contributed by atoms with Gasteiger partial charge in [-0.05, 0) is 38.1 Å². The predicted octanol–water partition coefficient (Wildman–Crippen LogP) is 3.41. The first-order chi connectivity index (χ1) is 12.0. The van der Waals surface area contributed by atoms with Gasteiger partial charge >= 0.3 is 0 Å². The smallest absolute Gasteiger partial charge is 0.231 e. The van der Waals surface area contributed by atoms with E-state index in [1.54, 1.807) is 25.3 Å². The molecule has 1 aromatic rings. The molecule has 0 spiro atoms. The normalized spacial score (nSPS) is 22.0. The number of hydrogen-bond acceptors (Lipinski definition) is 4. The van der Waals surface area contributed by atoms with Gasteiger partial charge in [0.2, 0.25) is 5.91 Å². The molecule has 146 valence electrons. The van der Waals surface area contributed by atoms with Gasteiger partial charge in [0.05, 0.1) is 28.6 Å². The van der Waals surface area contributed by atoms with E-state index in [-0.39, 0.29) is 24.4 Å². The van der Waals surface area contributed by atoms with Gasteiger partial charge in [-0.25, -0.2) is 0 Å². The van der Waals surface area contributed by atoms with Gasteiger partial charge < -0.3 is 19.7 Å². The summed E-state index contributed by atoms with van der Waals surface area (Å²) in [4.78, 5) is 15.1. The number of nitrogens with zero attached hydrogens (tertiary/aromatic N) is 1. The van der Waals surface area contributed by atoms with Gasteiger partial charge in [0.15, 0.2) is 0 Å². The van der Waals surface area contributed by atoms with Crippen LogP contribution in [0.1, 0.15) is 19.3 Å². The van der Waals surface area contributed by atoms with Crippen LogP contribution in [0.5, 0.6) is 5.75 Å². The van der Waals surface area contributed by atoms with E-state index in [0.29, 0.717) is 35.5 Å². The van der Waals surface area contributed by atoms with Gasteiger partial charge in [-0.3, -0.25) is 4.79 Å². The molecule has 1 aromatic carbocycles. The molecule has 0 aromatic heterocycles. The van der Waals surface area contributed by atoms with Gasteiger partial charge in [0.1, 0.15) is 11.9 Å². The molecule has 0 aliphatic carbocycles. The van der Waals surface area contributed by atoms with Crippen LogP contribution in [0.25, 0.3) is 0 Å². The molecule has 2 aliphatic heterocycles. The number of benzene rings is 1. The van der Waals surface area contributed by atoms with E-state index >= 15 is 0 Å². The number of amides is 1. The molecule has 2 fully saturated rings. The minimum absolute atomic E-state index is 0. The van der Waals surface area contributed by atoms with E-state index in [0.717, 1.165) is 32.4 Å². The Bertz CT molecular complexity index is 618. The number of carbonyl (C=O) groups is 1. The maximum Gasteiger partial charge on any atom is 0.231 e. The lowest BCUT2D eigenvalue weighted by molar-refractivity contribution is -0.146. The molecule has 0 bridgehead atoms. The highest BCUT2D eigenvalue weighted by Gasteiger charge is 2.44. The average Bonchev–Trinajstić information content (AvgIpc) is 3.07. The first-order valence-electron chi connectivity index (χ1n) is 8.65. The molecular weight excluding hydrogens is 399 g/mol. The van der Waals surface area contributed by atoms with Crippen molar-refractivity contribution in [2.45, 2.75) is 25.4 Å². The zero-order chi connectivity index (χ0) is 17.9. The van der Waals surface area contributed by atoms with Crippen molar-refractivity contribution in [3.05, 3.63) is 28.2 Å². The van der Waals surface area contributed by atoms with Gasteiger partial charge in [0, 0.05) is 26.1 Å². The Morgan fingerprint density at radius 3 is 2.69 bits per heavy atom. The summed E-state index contributed by atoms with van der Waals surface area (Å²) in [5.41, 5.74) is -0.404. The van der Waals surface area contributed by atoms with Crippen molar-refractivity contribution in [3.8, 4) is 5.75 Å². The number of ether oxygens (including phenoxy) is 2. The number of likely N-dealkylation sites (tertiary alicyclic amines) is 1. The van der Waals surface area contributed by atoms with E-state index in [9.17, 15) is 4.79 Å². The maximum absolute atomic E-state index is 13.1. The number of methoxy groups -OCH3 is 1. The summed E-state index contributed by atoms with van der Waals surface area (Å²) in [5, 5.41) is 4.30. The Hall–Kier alpha value is -0.720. The quantitative estimate of drug-likeness (QED) is 0.788. The molecule has 0 radical (unpaired) electrons. The summed E-state index contributed by atoms with van der Waals surface area (Å²) in [6, 6.07) is 5.24. The van der Waals surface area contributed by atoms with Crippen molar-refractivity contribution in [1.29, 1.82) is 0 Å². The van der Waals surface area contributed by atoms with Crippen LogP contribution in [0.15, 0.2) is 18.2 Å². The van der Waals surface area contributed by atoms with Crippen molar-refractivity contribution < 1.29 is 14.3 Å². The second-order valence-corrected chi connectivity index (χ2v) is 7.63. The molecule has 1 N–H and O–H groups in total. The molecule has 8 heteroatoms. The fraction of sp³-hybridized carbons (Fsp3) is 0.611. The molecule has 0 saturated carbocycles. The fourth-order valence-electron chi connectivity index (χ4n) is 3.69. The topological polar surface area (TPSA) is 50.8 Å². The van der Waals surface area contributed by atoms with E-state index < -0.39 is 5.41 Å². The Labute approximate surface area is 170 Å². The molecule has 26 heavy (non-hydrogen) atoms. The molecule has 3 rings (SSSR count). The van der Waals surface area contributed by atoms with Crippen LogP contribution in [0, 0.1) is 5.41 Å². The highest BCUT2D eigenvalue weighted by Crippen LogP contribution is 2.34. The third kappa shape index (κ3) is 4.76. The van der Waals surface area contributed by atoms with E-state index in [1.165, 1.54) is 0 Å². The second-order valence-electron chi connectivity index (χ2n) is 6.82. The van der Waals surface area contributed by atoms with Gasteiger partial charge in [-0.2, -0.15) is 0 Å². The van der Waals surface area contributed by atoms with Crippen molar-refractivity contribution in [2.75, 3.05) is 39.9 Å². The standard InChI is InChI=1S/C18H24Cl2N2O3.ClH/c1-24-12-18(5-7-21-8-6-18)17(23)22-9-4-14(11-22)25-13-2-3-15(19)16(20)10-13;/h2-3,10,14,21H,4-9,11-12H2,1H3;1H. The number of rotatable bonds is 5. The minimum atomic E-state index is -0.404. The summed E-state index contributed by atoms with van der Waals surface area (Å²) in [6.45, 7) is 3.49. The minimum Gasteiger partial charge on any atom is -0.488 e. The van der Waals surface area contributed by atoms with Gasteiger partial charge in [-0.1, -0.05) is 23.2 Å². The maximum atomic E-state index is 13.1. The first-order valence-corrected chi connectivity index (χ1v) is 9.40. The molecule has 2 aliphatic rings. The Kier molecular flexibility index (Phi) is 7.86. The van der Waals surface area contributed by atoms with Gasteiger partial charge in [0.25, 0.3) is 0 Å². The first kappa shape index (κ1) is 21.6. The van der Waals surface area contributed by atoms with Crippen LogP contribution in [0.2, 0.25) is 10.0 Å². The highest BCUT2D eigenvalue weighted by molar-refractivity contribution is 6.42. The Balaban J connectivity index is 0.00000243. The second kappa shape index (κ2) is 9.47. The molecule has 1 atom stereocenters. The monoisotopic (exact) mass is 422 g/mol. The van der Waals surface area contributed by atoms with Crippen LogP contribution in [0.4, 0.5) is 0 Å². The van der Waals surface area contributed by atoms with Gasteiger partial charge in [-0.15, -0.1) is 12.4 Å². The van der Waals surface area contributed by atoms with E-state index in [2.05, 4.69) is 5.32 Å². The summed E-state index contributed by atoms with van der Waals surface area (Å²) in [5.74, 6) is 0.873. The zero-order valence-electron chi connectivity index (χ0n) is 14.8. The average molecular weight is 424 g/mol. The molecule has 2 saturated heterocycles. The summed E-state index contributed by atoms with van der Waals surface area (Å²) < 4.78 is 11.4. The van der Waals surface area contributed by atoms with Crippen molar-refractivity contribution in [1.82, 2.24) is 10.2 Å². The number of carbonyl (C=O) groups excluding carboxylic acids is 1. The Morgan fingerprint density at radius 2 is 2.04 bits per heavy atom. The molecule has 1 unspecified atom stereocenters. The third-order valence-electron chi connectivity index (χ3n) is 5.06. The predicted molar refractivity (Wildman–Crippen MR) is 106 cm³/mol. The lowest BCUT2D eigenvalue weighted by Gasteiger charge is -2.38. The van der Waals surface area contributed by atoms with Crippen LogP contribution >= 0.6 is 35.6 Å². The SMILES string of the molecule is COCC1(C(=O)N2CCC(Oc3ccc(Cl)c(Cl)c3)C2)CCNCC1.Cl. The summed E-state index contributed by atoms with van der Waals surface area (Å²) in [6.07, 6.45) is 2.42. The van der Waals surface area contributed by atoms with E-state index in [1.807, 2.05) is 4.90 Å². The zero-order valence-corrected chi connectivity index (χ0v) is 17.1. The van der Waals surface area contributed by atoms with Crippen molar-refractivity contribution in [2.24, 2.45) is 5.41 Å². The summed E-state index contributed by atoms with van der Waals surface area (Å²) in [7, 11) is 1.66. The Morgan fingerprint density at radius 1 is 1.31 bits per heavy atom. The largest absolute Gasteiger partial charge is 0.488 e. The molecule has 5 nitrogen and oxygen atoms in total. The van der Waals surface area contributed by atoms with Crippen LogP contribution in [0.3, 0.4) is 0 Å². The molecule has 1 amide bonds. The lowest BCUT2D eigenvalue weighted by atomic mass is 9.78. The van der Waals surface area contributed by atoms with Crippen LogP contribution in [-0.2, 0) is 9.53 Å². The third-order valence-corrected chi connectivity index (χ3v) is 5.80. The van der Waals surface area contributed by atoms with Crippen molar-refractivity contribution >= 4 is 41.5 Å². The van der Waals surface area contributed by atoms with Crippen LogP contribution in [-0.4, -0.2) is 56.8 Å². The number of nitrogens with one attached hydrogen (secondary N) is 1. The van der Waals surface area contributed by atoms with Crippen molar-refractivity contribution in [3.63, 3.8) is 0 Å². The number of hydrogen-bond donors (Lipinski definition) is 1. The molecular formula is C18H25Cl3N2O3.